The molecule has 0 bridgehead atoms. The van der Waals surface area contributed by atoms with Gasteiger partial charge in [0.1, 0.15) is 5.76 Å². The smallest absolute Gasteiger partial charge is 0.292 e. The fourth-order valence-electron chi connectivity index (χ4n) is 2.71. The fraction of sp³-hybridized carbons (Fsp3) is 0.368. The van der Waals surface area contributed by atoms with Gasteiger partial charge >= 0.3 is 0 Å². The summed E-state index contributed by atoms with van der Waals surface area (Å²) in [7, 11) is 0. The molecule has 0 spiro atoms. The highest BCUT2D eigenvalue weighted by Crippen LogP contribution is 2.16. The van der Waals surface area contributed by atoms with Crippen molar-refractivity contribution in [1.29, 1.82) is 0 Å². The number of hydrogen-bond donors (Lipinski definition) is 1. The molecule has 0 aliphatic carbocycles. The second-order valence-electron chi connectivity index (χ2n) is 6.22. The summed E-state index contributed by atoms with van der Waals surface area (Å²) in [5, 5.41) is 11.0. The highest BCUT2D eigenvalue weighted by atomic mass is 16.4. The number of anilines is 1. The van der Waals surface area contributed by atoms with Crippen LogP contribution in [0.4, 0.5) is 5.82 Å². The average Bonchev–Trinajstić information content (AvgIpc) is 3.29. The van der Waals surface area contributed by atoms with Gasteiger partial charge in [-0.15, -0.1) is 5.10 Å². The van der Waals surface area contributed by atoms with Gasteiger partial charge < -0.3 is 9.73 Å². The Morgan fingerprint density at radius 1 is 1.19 bits per heavy atom. The van der Waals surface area contributed by atoms with Crippen molar-refractivity contribution in [2.75, 3.05) is 18.4 Å². The summed E-state index contributed by atoms with van der Waals surface area (Å²) in [6.45, 7) is 9.16. The lowest BCUT2D eigenvalue weighted by Gasteiger charge is -2.15. The lowest BCUT2D eigenvalue weighted by Crippen LogP contribution is -2.21. The van der Waals surface area contributed by atoms with Crippen LogP contribution in [0.2, 0.25) is 0 Å². The maximum atomic E-state index is 12.5. The van der Waals surface area contributed by atoms with Crippen LogP contribution in [-0.4, -0.2) is 43.9 Å². The van der Waals surface area contributed by atoms with E-state index < -0.39 is 0 Å². The van der Waals surface area contributed by atoms with Crippen LogP contribution in [-0.2, 0) is 13.1 Å². The van der Waals surface area contributed by atoms with Crippen LogP contribution >= 0.6 is 0 Å². The molecule has 1 amide bonds. The Morgan fingerprint density at radius 3 is 2.63 bits per heavy atom. The number of rotatable bonds is 8. The highest BCUT2D eigenvalue weighted by Gasteiger charge is 2.17. The van der Waals surface area contributed by atoms with E-state index in [4.69, 9.17) is 4.42 Å². The van der Waals surface area contributed by atoms with Gasteiger partial charge in [-0.25, -0.2) is 4.68 Å². The topological polar surface area (TPSA) is 89.1 Å². The highest BCUT2D eigenvalue weighted by molar-refractivity contribution is 6.01. The SMILES string of the molecule is CCN(CC)Cc1ccc(C(=O)Nc2nnn(Cc3ccncc3)c2C)o1. The third-order valence-corrected chi connectivity index (χ3v) is 4.46. The molecule has 0 fully saturated rings. The van der Waals surface area contributed by atoms with Gasteiger partial charge in [0.25, 0.3) is 5.91 Å². The minimum absolute atomic E-state index is 0.264. The molecule has 27 heavy (non-hydrogen) atoms. The molecule has 1 N–H and O–H groups in total. The summed E-state index contributed by atoms with van der Waals surface area (Å²) in [6.07, 6.45) is 3.47. The Balaban J connectivity index is 1.65. The number of amides is 1. The van der Waals surface area contributed by atoms with Gasteiger partial charge in [-0.05, 0) is 49.8 Å². The summed E-state index contributed by atoms with van der Waals surface area (Å²) in [5.41, 5.74) is 1.83. The van der Waals surface area contributed by atoms with Gasteiger partial charge in [0, 0.05) is 12.4 Å². The third kappa shape index (κ3) is 4.59. The van der Waals surface area contributed by atoms with E-state index >= 15 is 0 Å². The molecule has 0 aliphatic rings. The standard InChI is InChI=1S/C19H24N6O2/c1-4-24(5-2)13-16-6-7-17(27-16)19(26)21-18-14(3)25(23-22-18)12-15-8-10-20-11-9-15/h6-11H,4-5,12-13H2,1-3H3,(H,21,26). The molecular formula is C19H24N6O2. The van der Waals surface area contributed by atoms with Crippen molar-refractivity contribution in [3.63, 3.8) is 0 Å². The molecular weight excluding hydrogens is 344 g/mol. The van der Waals surface area contributed by atoms with Crippen LogP contribution in [0.25, 0.3) is 0 Å². The lowest BCUT2D eigenvalue weighted by molar-refractivity contribution is 0.0992. The zero-order valence-electron chi connectivity index (χ0n) is 15.8. The van der Waals surface area contributed by atoms with Crippen molar-refractivity contribution in [2.24, 2.45) is 0 Å². The number of aromatic nitrogens is 4. The predicted octanol–water partition coefficient (Wildman–Crippen LogP) is 2.72. The van der Waals surface area contributed by atoms with E-state index in [0.717, 1.165) is 30.1 Å². The molecule has 0 saturated carbocycles. The van der Waals surface area contributed by atoms with Crippen LogP contribution in [0.1, 0.15) is 41.4 Å². The summed E-state index contributed by atoms with van der Waals surface area (Å²) in [4.78, 5) is 18.7. The number of carbonyl (C=O) groups excluding carboxylic acids is 1. The van der Waals surface area contributed by atoms with E-state index in [1.165, 1.54) is 0 Å². The molecule has 8 nitrogen and oxygen atoms in total. The van der Waals surface area contributed by atoms with Crippen molar-refractivity contribution in [2.45, 2.75) is 33.9 Å². The Kier molecular flexibility index (Phi) is 5.97. The molecule has 142 valence electrons. The van der Waals surface area contributed by atoms with E-state index in [2.05, 4.69) is 39.4 Å². The number of furan rings is 1. The molecule has 0 radical (unpaired) electrons. The van der Waals surface area contributed by atoms with Gasteiger partial charge in [0.15, 0.2) is 11.6 Å². The Morgan fingerprint density at radius 2 is 1.93 bits per heavy atom. The predicted molar refractivity (Wildman–Crippen MR) is 101 cm³/mol. The van der Waals surface area contributed by atoms with Crippen LogP contribution in [0.3, 0.4) is 0 Å². The molecule has 3 rings (SSSR count). The van der Waals surface area contributed by atoms with Crippen molar-refractivity contribution in [3.05, 3.63) is 59.4 Å². The monoisotopic (exact) mass is 368 g/mol. The van der Waals surface area contributed by atoms with E-state index in [1.807, 2.05) is 25.1 Å². The number of pyridine rings is 1. The van der Waals surface area contributed by atoms with E-state index in [9.17, 15) is 4.79 Å². The molecule has 0 aliphatic heterocycles. The Hall–Kier alpha value is -3.00. The molecule has 3 heterocycles. The largest absolute Gasteiger partial charge is 0.455 e. The molecule has 3 aromatic heterocycles. The van der Waals surface area contributed by atoms with Crippen LogP contribution < -0.4 is 5.32 Å². The molecule has 0 aromatic carbocycles. The zero-order chi connectivity index (χ0) is 19.2. The minimum atomic E-state index is -0.333. The normalized spacial score (nSPS) is 11.1. The van der Waals surface area contributed by atoms with E-state index in [1.54, 1.807) is 23.1 Å². The second kappa shape index (κ2) is 8.59. The molecule has 0 saturated heterocycles. The van der Waals surface area contributed by atoms with Gasteiger partial charge in [-0.3, -0.25) is 14.7 Å². The first kappa shape index (κ1) is 18.8. The number of nitrogens with one attached hydrogen (secondary N) is 1. The molecule has 0 atom stereocenters. The van der Waals surface area contributed by atoms with Crippen molar-refractivity contribution < 1.29 is 9.21 Å². The molecule has 0 unspecified atom stereocenters. The van der Waals surface area contributed by atoms with Crippen molar-refractivity contribution in [1.82, 2.24) is 24.9 Å². The number of nitrogens with zero attached hydrogens (tertiary/aromatic N) is 5. The summed E-state index contributed by atoms with van der Waals surface area (Å²) in [6, 6.07) is 7.35. The van der Waals surface area contributed by atoms with E-state index in [-0.39, 0.29) is 11.7 Å². The van der Waals surface area contributed by atoms with Gasteiger partial charge in [0.05, 0.1) is 18.8 Å². The minimum Gasteiger partial charge on any atom is -0.455 e. The van der Waals surface area contributed by atoms with Crippen LogP contribution in [0.5, 0.6) is 0 Å². The number of carbonyl (C=O) groups is 1. The van der Waals surface area contributed by atoms with E-state index in [0.29, 0.717) is 18.9 Å². The van der Waals surface area contributed by atoms with Gasteiger partial charge in [-0.1, -0.05) is 19.1 Å². The first-order valence-corrected chi connectivity index (χ1v) is 9.02. The summed E-state index contributed by atoms with van der Waals surface area (Å²) >= 11 is 0. The van der Waals surface area contributed by atoms with Crippen molar-refractivity contribution >= 4 is 11.7 Å². The van der Waals surface area contributed by atoms with Crippen LogP contribution in [0.15, 0.2) is 41.1 Å². The van der Waals surface area contributed by atoms with Crippen LogP contribution in [0, 0.1) is 6.92 Å². The summed E-state index contributed by atoms with van der Waals surface area (Å²) in [5.74, 6) is 1.12. The van der Waals surface area contributed by atoms with Gasteiger partial charge in [0.2, 0.25) is 0 Å². The maximum Gasteiger partial charge on any atom is 0.292 e. The maximum absolute atomic E-state index is 12.5. The second-order valence-corrected chi connectivity index (χ2v) is 6.22. The zero-order valence-corrected chi connectivity index (χ0v) is 15.8. The first-order valence-electron chi connectivity index (χ1n) is 9.02. The third-order valence-electron chi connectivity index (χ3n) is 4.46. The summed E-state index contributed by atoms with van der Waals surface area (Å²) < 4.78 is 7.41. The fourth-order valence-corrected chi connectivity index (χ4v) is 2.71. The quantitative estimate of drug-likeness (QED) is 0.658. The lowest BCUT2D eigenvalue weighted by atomic mass is 10.2. The molecule has 8 heteroatoms. The number of hydrogen-bond acceptors (Lipinski definition) is 6. The van der Waals surface area contributed by atoms with Gasteiger partial charge in [-0.2, -0.15) is 0 Å². The Bertz CT molecular complexity index is 883. The van der Waals surface area contributed by atoms with Crippen molar-refractivity contribution in [3.8, 4) is 0 Å². The first-order chi connectivity index (χ1) is 13.1. The average molecular weight is 368 g/mol. The Labute approximate surface area is 158 Å². The molecule has 3 aromatic rings.